The smallest absolute Gasteiger partial charge is 0.433 e. The lowest BCUT2D eigenvalue weighted by atomic mass is 9.99. The van der Waals surface area contributed by atoms with Crippen LogP contribution in [0.3, 0.4) is 0 Å². The Hall–Kier alpha value is -2.03. The highest BCUT2D eigenvalue weighted by molar-refractivity contribution is 7.99. The Bertz CT molecular complexity index is 773. The van der Waals surface area contributed by atoms with Gasteiger partial charge in [-0.1, -0.05) is 18.7 Å². The third-order valence-electron chi connectivity index (χ3n) is 4.45. The first-order valence-corrected chi connectivity index (χ1v) is 9.72. The third kappa shape index (κ3) is 5.24. The molecule has 3 rings (SSSR count). The van der Waals surface area contributed by atoms with Gasteiger partial charge < -0.3 is 9.32 Å². The van der Waals surface area contributed by atoms with E-state index in [0.717, 1.165) is 43.8 Å². The molecule has 1 saturated heterocycles. The molecule has 2 aromatic heterocycles. The third-order valence-corrected chi connectivity index (χ3v) is 5.30. The number of amides is 1. The SMILES string of the molecule is CC1CCN(C(=O)CCSc2nc(-c3ccco3)cc(C(F)(F)F)n2)CC1. The number of carbonyl (C=O) groups is 1. The highest BCUT2D eigenvalue weighted by Crippen LogP contribution is 2.32. The van der Waals surface area contributed by atoms with Crippen molar-refractivity contribution in [2.45, 2.75) is 37.5 Å². The van der Waals surface area contributed by atoms with Crippen molar-refractivity contribution in [1.82, 2.24) is 14.9 Å². The monoisotopic (exact) mass is 399 g/mol. The lowest BCUT2D eigenvalue weighted by Gasteiger charge is -2.30. The first-order chi connectivity index (χ1) is 12.8. The van der Waals surface area contributed by atoms with Crippen LogP contribution in [-0.4, -0.2) is 39.6 Å². The van der Waals surface area contributed by atoms with Gasteiger partial charge in [0.05, 0.1) is 6.26 Å². The molecule has 0 bridgehead atoms. The Morgan fingerprint density at radius 1 is 1.33 bits per heavy atom. The van der Waals surface area contributed by atoms with E-state index in [-0.39, 0.29) is 28.9 Å². The molecule has 0 spiro atoms. The first-order valence-electron chi connectivity index (χ1n) is 8.73. The summed E-state index contributed by atoms with van der Waals surface area (Å²) in [5.74, 6) is 1.21. The van der Waals surface area contributed by atoms with E-state index in [4.69, 9.17) is 4.42 Å². The lowest BCUT2D eigenvalue weighted by molar-refractivity contribution is -0.141. The number of hydrogen-bond acceptors (Lipinski definition) is 5. The van der Waals surface area contributed by atoms with E-state index < -0.39 is 11.9 Å². The molecule has 9 heteroatoms. The van der Waals surface area contributed by atoms with Gasteiger partial charge in [0.1, 0.15) is 11.4 Å². The minimum absolute atomic E-state index is 0.0173. The van der Waals surface area contributed by atoms with Crippen LogP contribution >= 0.6 is 11.8 Å². The van der Waals surface area contributed by atoms with Gasteiger partial charge >= 0.3 is 6.18 Å². The number of furan rings is 1. The quantitative estimate of drug-likeness (QED) is 0.547. The van der Waals surface area contributed by atoms with Crippen molar-refractivity contribution >= 4 is 17.7 Å². The van der Waals surface area contributed by atoms with Crippen LogP contribution in [0.25, 0.3) is 11.5 Å². The zero-order valence-electron chi connectivity index (χ0n) is 14.8. The average Bonchev–Trinajstić information content (AvgIpc) is 3.16. The molecular weight excluding hydrogens is 379 g/mol. The maximum Gasteiger partial charge on any atom is 0.433 e. The summed E-state index contributed by atoms with van der Waals surface area (Å²) < 4.78 is 44.5. The Kier molecular flexibility index (Phi) is 6.08. The van der Waals surface area contributed by atoms with Crippen LogP contribution in [-0.2, 0) is 11.0 Å². The topological polar surface area (TPSA) is 59.2 Å². The number of thioether (sulfide) groups is 1. The molecule has 1 aliphatic heterocycles. The van der Waals surface area contributed by atoms with Crippen molar-refractivity contribution < 1.29 is 22.4 Å². The molecule has 0 unspecified atom stereocenters. The fourth-order valence-electron chi connectivity index (χ4n) is 2.83. The molecule has 2 aromatic rings. The molecule has 0 radical (unpaired) electrons. The molecule has 5 nitrogen and oxygen atoms in total. The van der Waals surface area contributed by atoms with E-state index in [9.17, 15) is 18.0 Å². The molecule has 146 valence electrons. The second-order valence-corrected chi connectivity index (χ2v) is 7.62. The predicted molar refractivity (Wildman–Crippen MR) is 95.1 cm³/mol. The maximum absolute atomic E-state index is 13.1. The van der Waals surface area contributed by atoms with Crippen molar-refractivity contribution in [1.29, 1.82) is 0 Å². The summed E-state index contributed by atoms with van der Waals surface area (Å²) in [7, 11) is 0. The standard InChI is InChI=1S/C18H20F3N3O2S/c1-12-4-7-24(8-5-12)16(25)6-10-27-17-22-13(14-3-2-9-26-14)11-15(23-17)18(19,20)21/h2-3,9,11-12H,4-8,10H2,1H3. The Balaban J connectivity index is 1.65. The van der Waals surface area contributed by atoms with E-state index >= 15 is 0 Å². The number of aromatic nitrogens is 2. The number of piperidine rings is 1. The van der Waals surface area contributed by atoms with Crippen molar-refractivity contribution in [2.75, 3.05) is 18.8 Å². The second kappa shape index (κ2) is 8.33. The van der Waals surface area contributed by atoms with Crippen LogP contribution in [0.15, 0.2) is 34.0 Å². The summed E-state index contributed by atoms with van der Waals surface area (Å²) in [5, 5.41) is -0.0173. The number of carbonyl (C=O) groups excluding carboxylic acids is 1. The van der Waals surface area contributed by atoms with Gasteiger partial charge in [0.15, 0.2) is 10.9 Å². The van der Waals surface area contributed by atoms with Crippen LogP contribution in [0, 0.1) is 5.92 Å². The van der Waals surface area contributed by atoms with Gasteiger partial charge in [-0.25, -0.2) is 9.97 Å². The molecule has 0 aliphatic carbocycles. The van der Waals surface area contributed by atoms with Crippen LogP contribution in [0.4, 0.5) is 13.2 Å². The van der Waals surface area contributed by atoms with Gasteiger partial charge in [-0.3, -0.25) is 4.79 Å². The fraction of sp³-hybridized carbons (Fsp3) is 0.500. The molecule has 0 N–H and O–H groups in total. The highest BCUT2D eigenvalue weighted by Gasteiger charge is 2.34. The van der Waals surface area contributed by atoms with Crippen molar-refractivity contribution in [3.8, 4) is 11.5 Å². The van der Waals surface area contributed by atoms with E-state index in [1.807, 2.05) is 4.90 Å². The number of hydrogen-bond donors (Lipinski definition) is 0. The van der Waals surface area contributed by atoms with Gasteiger partial charge in [0, 0.05) is 25.3 Å². The van der Waals surface area contributed by atoms with Crippen molar-refractivity contribution in [3.63, 3.8) is 0 Å². The van der Waals surface area contributed by atoms with E-state index in [0.29, 0.717) is 11.7 Å². The molecule has 1 amide bonds. The van der Waals surface area contributed by atoms with Gasteiger partial charge in [0.25, 0.3) is 0 Å². The van der Waals surface area contributed by atoms with Crippen LogP contribution in [0.2, 0.25) is 0 Å². The van der Waals surface area contributed by atoms with Gasteiger partial charge in [0.2, 0.25) is 5.91 Å². The summed E-state index contributed by atoms with van der Waals surface area (Å²) in [6, 6.07) is 3.98. The zero-order valence-corrected chi connectivity index (χ0v) is 15.6. The summed E-state index contributed by atoms with van der Waals surface area (Å²) in [4.78, 5) is 21.8. The number of halogens is 3. The number of rotatable bonds is 5. The Morgan fingerprint density at radius 3 is 2.70 bits per heavy atom. The maximum atomic E-state index is 13.1. The first kappa shape index (κ1) is 19.7. The van der Waals surface area contributed by atoms with Crippen molar-refractivity contribution in [2.24, 2.45) is 5.92 Å². The van der Waals surface area contributed by atoms with Crippen LogP contribution in [0.5, 0.6) is 0 Å². The molecule has 0 aromatic carbocycles. The van der Waals surface area contributed by atoms with E-state index in [1.165, 1.54) is 12.3 Å². The summed E-state index contributed by atoms with van der Waals surface area (Å²) in [5.41, 5.74) is -0.955. The van der Waals surface area contributed by atoms with Crippen LogP contribution < -0.4 is 0 Å². The van der Waals surface area contributed by atoms with Gasteiger partial charge in [-0.05, 0) is 37.0 Å². The van der Waals surface area contributed by atoms with Crippen LogP contribution in [0.1, 0.15) is 31.9 Å². The minimum atomic E-state index is -4.58. The largest absolute Gasteiger partial charge is 0.463 e. The normalized spacial score (nSPS) is 15.9. The lowest BCUT2D eigenvalue weighted by Crippen LogP contribution is -2.38. The predicted octanol–water partition coefficient (Wildman–Crippen LogP) is 4.50. The molecule has 3 heterocycles. The molecule has 1 fully saturated rings. The molecule has 1 aliphatic rings. The zero-order chi connectivity index (χ0) is 19.4. The van der Waals surface area contributed by atoms with Gasteiger partial charge in [-0.2, -0.15) is 13.2 Å². The molecule has 27 heavy (non-hydrogen) atoms. The van der Waals surface area contributed by atoms with E-state index in [1.54, 1.807) is 6.07 Å². The number of nitrogens with zero attached hydrogens (tertiary/aromatic N) is 3. The van der Waals surface area contributed by atoms with Gasteiger partial charge in [-0.15, -0.1) is 0 Å². The molecular formula is C18H20F3N3O2S. The number of likely N-dealkylation sites (tertiary alicyclic amines) is 1. The summed E-state index contributed by atoms with van der Waals surface area (Å²) >= 11 is 1.04. The van der Waals surface area contributed by atoms with Crippen molar-refractivity contribution in [3.05, 3.63) is 30.2 Å². The highest BCUT2D eigenvalue weighted by atomic mass is 32.2. The number of alkyl halides is 3. The summed E-state index contributed by atoms with van der Waals surface area (Å²) in [6.07, 6.45) is -0.992. The fourth-order valence-corrected chi connectivity index (χ4v) is 3.62. The average molecular weight is 399 g/mol. The second-order valence-electron chi connectivity index (χ2n) is 6.56. The minimum Gasteiger partial charge on any atom is -0.463 e. The van der Waals surface area contributed by atoms with E-state index in [2.05, 4.69) is 16.9 Å². The Labute approximate surface area is 159 Å². The summed E-state index contributed by atoms with van der Waals surface area (Å²) in [6.45, 7) is 3.65. The molecule has 0 atom stereocenters. The Morgan fingerprint density at radius 2 is 2.07 bits per heavy atom. The molecule has 0 saturated carbocycles.